The van der Waals surface area contributed by atoms with Gasteiger partial charge in [-0.15, -0.1) is 0 Å². The molecule has 9 heteroatoms. The van der Waals surface area contributed by atoms with Crippen LogP contribution in [0.1, 0.15) is 26.5 Å². The molecule has 0 fully saturated rings. The van der Waals surface area contributed by atoms with Crippen molar-refractivity contribution in [3.63, 3.8) is 0 Å². The van der Waals surface area contributed by atoms with Gasteiger partial charge in [0.1, 0.15) is 4.88 Å². The van der Waals surface area contributed by atoms with E-state index < -0.39 is 17.6 Å². The third-order valence-corrected chi connectivity index (χ3v) is 3.64. The average molecular weight is 328 g/mol. The zero-order chi connectivity index (χ0) is 16.3. The van der Waals surface area contributed by atoms with E-state index in [1.165, 1.54) is 18.2 Å². The summed E-state index contributed by atoms with van der Waals surface area (Å²) < 4.78 is 38.4. The van der Waals surface area contributed by atoms with Crippen LogP contribution in [-0.4, -0.2) is 17.1 Å². The maximum Gasteiger partial charge on any atom is 0.417 e. The van der Waals surface area contributed by atoms with E-state index >= 15 is 0 Å². The number of anilines is 1. The van der Waals surface area contributed by atoms with Gasteiger partial charge in [0.2, 0.25) is 0 Å². The molecular formula is C13H11F3N4OS. The van der Waals surface area contributed by atoms with Crippen molar-refractivity contribution in [2.45, 2.75) is 13.1 Å². The Labute approximate surface area is 127 Å². The molecule has 1 aromatic carbocycles. The molecule has 116 valence electrons. The number of alkyl halides is 3. The molecule has 1 aromatic heterocycles. The van der Waals surface area contributed by atoms with E-state index in [0.29, 0.717) is 5.69 Å². The van der Waals surface area contributed by atoms with Crippen molar-refractivity contribution in [3.8, 4) is 0 Å². The summed E-state index contributed by atoms with van der Waals surface area (Å²) in [6, 6.07) is 4.93. The minimum absolute atomic E-state index is 0.143. The Bertz CT molecular complexity index is 724. The van der Waals surface area contributed by atoms with Crippen molar-refractivity contribution < 1.29 is 18.0 Å². The van der Waals surface area contributed by atoms with E-state index in [-0.39, 0.29) is 15.6 Å². The molecular weight excluding hydrogens is 317 g/mol. The molecule has 0 aliphatic heterocycles. The zero-order valence-corrected chi connectivity index (χ0v) is 12.1. The molecule has 0 bridgehead atoms. The SMILES string of the molecule is Cc1nc(N)sc1C(=O)NN=Cc1ccccc1C(F)(F)F. The van der Waals surface area contributed by atoms with Gasteiger partial charge in [0, 0.05) is 5.56 Å². The number of hydrogen-bond donors (Lipinski definition) is 2. The van der Waals surface area contributed by atoms with Crippen molar-refractivity contribution >= 4 is 28.6 Å². The van der Waals surface area contributed by atoms with Crippen LogP contribution in [0.15, 0.2) is 29.4 Å². The lowest BCUT2D eigenvalue weighted by atomic mass is 10.1. The van der Waals surface area contributed by atoms with Gasteiger partial charge in [0.25, 0.3) is 5.91 Å². The third kappa shape index (κ3) is 3.61. The lowest BCUT2D eigenvalue weighted by Crippen LogP contribution is -2.18. The summed E-state index contributed by atoms with van der Waals surface area (Å²) in [5, 5.41) is 3.79. The van der Waals surface area contributed by atoms with E-state index in [4.69, 9.17) is 5.73 Å². The van der Waals surface area contributed by atoms with Gasteiger partial charge in [0.05, 0.1) is 17.5 Å². The highest BCUT2D eigenvalue weighted by atomic mass is 32.1. The van der Waals surface area contributed by atoms with Gasteiger partial charge in [-0.3, -0.25) is 4.79 Å². The second kappa shape index (κ2) is 6.14. The van der Waals surface area contributed by atoms with Crippen molar-refractivity contribution in [2.24, 2.45) is 5.10 Å². The molecule has 0 saturated carbocycles. The largest absolute Gasteiger partial charge is 0.417 e. The Hall–Kier alpha value is -2.42. The van der Waals surface area contributed by atoms with Crippen LogP contribution in [0, 0.1) is 6.92 Å². The summed E-state index contributed by atoms with van der Waals surface area (Å²) in [6.07, 6.45) is -3.55. The first-order chi connectivity index (χ1) is 10.3. The standard InChI is InChI=1S/C13H11F3N4OS/c1-7-10(22-12(17)19-7)11(21)20-18-6-8-4-2-3-5-9(8)13(14,15)16/h2-6H,1H3,(H2,17,19)(H,20,21). The number of rotatable bonds is 3. The lowest BCUT2D eigenvalue weighted by Gasteiger charge is -2.09. The minimum atomic E-state index is -4.49. The number of nitrogens with zero attached hydrogens (tertiary/aromatic N) is 2. The van der Waals surface area contributed by atoms with Gasteiger partial charge in [-0.2, -0.15) is 18.3 Å². The molecule has 0 aliphatic carbocycles. The average Bonchev–Trinajstić information content (AvgIpc) is 2.77. The van der Waals surface area contributed by atoms with Crippen LogP contribution in [0.3, 0.4) is 0 Å². The van der Waals surface area contributed by atoms with Crippen molar-refractivity contribution in [3.05, 3.63) is 46.0 Å². The summed E-state index contributed by atoms with van der Waals surface area (Å²) in [5.41, 5.74) is 7.09. The highest BCUT2D eigenvalue weighted by molar-refractivity contribution is 7.17. The Morgan fingerprint density at radius 2 is 2.09 bits per heavy atom. The molecule has 1 amide bonds. The molecule has 0 radical (unpaired) electrons. The van der Waals surface area contributed by atoms with Gasteiger partial charge >= 0.3 is 6.18 Å². The zero-order valence-electron chi connectivity index (χ0n) is 11.3. The van der Waals surface area contributed by atoms with E-state index in [1.54, 1.807) is 6.92 Å². The number of halogens is 3. The van der Waals surface area contributed by atoms with Gasteiger partial charge in [-0.25, -0.2) is 10.4 Å². The van der Waals surface area contributed by atoms with Gasteiger partial charge in [0.15, 0.2) is 5.13 Å². The monoisotopic (exact) mass is 328 g/mol. The molecule has 0 atom stereocenters. The van der Waals surface area contributed by atoms with Crippen molar-refractivity contribution in [2.75, 3.05) is 5.73 Å². The highest BCUT2D eigenvalue weighted by Gasteiger charge is 2.32. The molecule has 5 nitrogen and oxygen atoms in total. The lowest BCUT2D eigenvalue weighted by molar-refractivity contribution is -0.137. The number of aromatic nitrogens is 1. The Balaban J connectivity index is 2.14. The number of carbonyl (C=O) groups is 1. The third-order valence-electron chi connectivity index (χ3n) is 2.66. The smallest absolute Gasteiger partial charge is 0.375 e. The summed E-state index contributed by atoms with van der Waals surface area (Å²) in [7, 11) is 0. The van der Waals surface area contributed by atoms with Gasteiger partial charge < -0.3 is 5.73 Å². The molecule has 22 heavy (non-hydrogen) atoms. The Morgan fingerprint density at radius 1 is 1.41 bits per heavy atom. The van der Waals surface area contributed by atoms with E-state index in [1.807, 2.05) is 0 Å². The minimum Gasteiger partial charge on any atom is -0.375 e. The van der Waals surface area contributed by atoms with Crippen LogP contribution in [0.4, 0.5) is 18.3 Å². The van der Waals surface area contributed by atoms with Crippen molar-refractivity contribution in [1.82, 2.24) is 10.4 Å². The second-order valence-corrected chi connectivity index (χ2v) is 5.28. The summed E-state index contributed by atoms with van der Waals surface area (Å²) in [6.45, 7) is 1.60. The first kappa shape index (κ1) is 16.0. The predicted molar refractivity (Wildman–Crippen MR) is 77.8 cm³/mol. The number of carbonyl (C=O) groups excluding carboxylic acids is 1. The number of thiazole rings is 1. The van der Waals surface area contributed by atoms with Crippen molar-refractivity contribution in [1.29, 1.82) is 0 Å². The Morgan fingerprint density at radius 3 is 2.68 bits per heavy atom. The fourth-order valence-corrected chi connectivity index (χ4v) is 2.43. The van der Waals surface area contributed by atoms with Crippen LogP contribution in [-0.2, 0) is 6.18 Å². The first-order valence-corrected chi connectivity index (χ1v) is 6.83. The molecule has 0 spiro atoms. The summed E-state index contributed by atoms with van der Waals surface area (Å²) in [5.74, 6) is -0.576. The van der Waals surface area contributed by atoms with E-state index in [9.17, 15) is 18.0 Å². The first-order valence-electron chi connectivity index (χ1n) is 6.01. The van der Waals surface area contributed by atoms with Crippen LogP contribution < -0.4 is 11.2 Å². The molecule has 1 heterocycles. The fourth-order valence-electron chi connectivity index (χ4n) is 1.71. The number of nitrogens with two attached hydrogens (primary N) is 1. The maximum absolute atomic E-state index is 12.8. The van der Waals surface area contributed by atoms with Gasteiger partial charge in [-0.1, -0.05) is 29.5 Å². The number of nitrogens with one attached hydrogen (secondary N) is 1. The predicted octanol–water partition coefficient (Wildman–Crippen LogP) is 2.82. The number of amides is 1. The van der Waals surface area contributed by atoms with Crippen LogP contribution in [0.5, 0.6) is 0 Å². The molecule has 0 saturated heterocycles. The summed E-state index contributed by atoms with van der Waals surface area (Å²) >= 11 is 0.977. The topological polar surface area (TPSA) is 80.4 Å². The normalized spacial score (nSPS) is 11.8. The summed E-state index contributed by atoms with van der Waals surface area (Å²) in [4.78, 5) is 16.0. The number of hydrazone groups is 1. The quantitative estimate of drug-likeness (QED) is 0.671. The maximum atomic E-state index is 12.8. The molecule has 3 N–H and O–H groups in total. The second-order valence-electron chi connectivity index (χ2n) is 4.25. The number of benzene rings is 1. The van der Waals surface area contributed by atoms with E-state index in [0.717, 1.165) is 23.6 Å². The Kier molecular flexibility index (Phi) is 4.45. The van der Waals surface area contributed by atoms with Crippen LogP contribution in [0.2, 0.25) is 0 Å². The number of hydrogen-bond acceptors (Lipinski definition) is 5. The van der Waals surface area contributed by atoms with Crippen LogP contribution >= 0.6 is 11.3 Å². The van der Waals surface area contributed by atoms with Crippen LogP contribution in [0.25, 0.3) is 0 Å². The highest BCUT2D eigenvalue weighted by Crippen LogP contribution is 2.31. The molecule has 2 rings (SSSR count). The number of aryl methyl sites for hydroxylation is 1. The number of nitrogen functional groups attached to an aromatic ring is 1. The molecule has 2 aromatic rings. The van der Waals surface area contributed by atoms with E-state index in [2.05, 4.69) is 15.5 Å². The molecule has 0 unspecified atom stereocenters. The van der Waals surface area contributed by atoms with Gasteiger partial charge in [-0.05, 0) is 13.0 Å². The molecule has 0 aliphatic rings. The fraction of sp³-hybridized carbons (Fsp3) is 0.154.